The van der Waals surface area contributed by atoms with Crippen LogP contribution in [-0.4, -0.2) is 17.9 Å². The van der Waals surface area contributed by atoms with Crippen LogP contribution in [0.1, 0.15) is 11.1 Å². The molecule has 2 rings (SSSR count). The van der Waals surface area contributed by atoms with Crippen LogP contribution in [0.5, 0.6) is 5.75 Å². The lowest BCUT2D eigenvalue weighted by molar-refractivity contribution is -0.380. The molecule has 0 fully saturated rings. The fourth-order valence-corrected chi connectivity index (χ4v) is 2.47. The average molecular weight is 306 g/mol. The molecule has 1 aromatic carbocycles. The van der Waals surface area contributed by atoms with Gasteiger partial charge >= 0.3 is 5.00 Å². The van der Waals surface area contributed by atoms with Crippen molar-refractivity contribution >= 4 is 22.2 Å². The van der Waals surface area contributed by atoms with Crippen LogP contribution in [0.3, 0.4) is 0 Å². The largest absolute Gasteiger partial charge is 0.497 e. The summed E-state index contributed by atoms with van der Waals surface area (Å²) >= 11 is 1.03. The van der Waals surface area contributed by atoms with Gasteiger partial charge in [0, 0.05) is 18.0 Å². The van der Waals surface area contributed by atoms with Gasteiger partial charge in [-0.1, -0.05) is 23.5 Å². The first-order valence-corrected chi connectivity index (χ1v) is 7.08. The molecule has 1 N–H and O–H groups in total. The fraction of sp³-hybridized carbons (Fsp3) is 0.214. The molecule has 0 bridgehead atoms. The normalized spacial score (nSPS) is 10.1. The summed E-state index contributed by atoms with van der Waals surface area (Å²) in [6, 6.07) is 8.81. The van der Waals surface area contributed by atoms with Crippen molar-refractivity contribution in [3.05, 3.63) is 57.0 Å². The zero-order valence-corrected chi connectivity index (χ0v) is 12.2. The third kappa shape index (κ3) is 4.28. The first kappa shape index (κ1) is 15.0. The topological polar surface area (TPSA) is 81.5 Å². The Bertz CT molecular complexity index is 637. The highest BCUT2D eigenvalue weighted by atomic mass is 32.1. The highest BCUT2D eigenvalue weighted by Crippen LogP contribution is 2.22. The van der Waals surface area contributed by atoms with Gasteiger partial charge in [0.1, 0.15) is 5.75 Å². The van der Waals surface area contributed by atoms with Crippen LogP contribution in [0, 0.1) is 10.1 Å². The first-order valence-electron chi connectivity index (χ1n) is 6.20. The Hall–Kier alpha value is -2.41. The monoisotopic (exact) mass is 306 g/mol. The number of nitrogens with one attached hydrogen (secondary N) is 1. The van der Waals surface area contributed by atoms with Crippen molar-refractivity contribution in [2.45, 2.75) is 13.0 Å². The number of benzene rings is 1. The number of rotatable bonds is 6. The van der Waals surface area contributed by atoms with Crippen LogP contribution in [-0.2, 0) is 17.8 Å². The molecule has 0 spiro atoms. The van der Waals surface area contributed by atoms with E-state index in [9.17, 15) is 14.9 Å². The number of hydrogen-bond donors (Lipinski definition) is 1. The van der Waals surface area contributed by atoms with E-state index in [1.807, 2.05) is 24.3 Å². The van der Waals surface area contributed by atoms with Gasteiger partial charge in [0.25, 0.3) is 0 Å². The van der Waals surface area contributed by atoms with E-state index in [0.29, 0.717) is 12.1 Å². The van der Waals surface area contributed by atoms with E-state index in [4.69, 9.17) is 4.74 Å². The third-order valence-corrected chi connectivity index (χ3v) is 3.76. The summed E-state index contributed by atoms with van der Waals surface area (Å²) in [5.74, 6) is 0.592. The minimum atomic E-state index is -0.455. The quantitative estimate of drug-likeness (QED) is 0.657. The van der Waals surface area contributed by atoms with Crippen molar-refractivity contribution in [1.29, 1.82) is 0 Å². The van der Waals surface area contributed by atoms with Crippen molar-refractivity contribution in [2.24, 2.45) is 0 Å². The number of nitro groups is 1. The van der Waals surface area contributed by atoms with Crippen LogP contribution < -0.4 is 10.1 Å². The molecule has 0 aliphatic carbocycles. The van der Waals surface area contributed by atoms with E-state index in [1.54, 1.807) is 12.5 Å². The molecule has 0 atom stereocenters. The molecule has 0 aliphatic heterocycles. The lowest BCUT2D eigenvalue weighted by atomic mass is 10.2. The maximum Gasteiger partial charge on any atom is 0.324 e. The van der Waals surface area contributed by atoms with Crippen molar-refractivity contribution in [1.82, 2.24) is 5.32 Å². The zero-order valence-electron chi connectivity index (χ0n) is 11.4. The second-order valence-corrected chi connectivity index (χ2v) is 5.24. The van der Waals surface area contributed by atoms with Gasteiger partial charge in [0.2, 0.25) is 5.91 Å². The minimum Gasteiger partial charge on any atom is -0.497 e. The van der Waals surface area contributed by atoms with Crippen molar-refractivity contribution < 1.29 is 14.5 Å². The van der Waals surface area contributed by atoms with E-state index in [2.05, 4.69) is 5.32 Å². The number of nitrogens with zero attached hydrogens (tertiary/aromatic N) is 1. The standard InChI is InChI=1S/C14H14N2O4S/c1-20-12-4-2-10(3-5-12)8-15-13(17)6-11-7-14(16(18)19)21-9-11/h2-5,7,9H,6,8H2,1H3,(H,15,17). The van der Waals surface area contributed by atoms with Gasteiger partial charge < -0.3 is 10.1 Å². The maximum absolute atomic E-state index is 11.8. The van der Waals surface area contributed by atoms with Gasteiger partial charge in [0.15, 0.2) is 0 Å². The predicted octanol–water partition coefficient (Wildman–Crippen LogP) is 2.52. The molecule has 110 valence electrons. The van der Waals surface area contributed by atoms with Gasteiger partial charge in [0.05, 0.1) is 18.5 Å². The van der Waals surface area contributed by atoms with Crippen LogP contribution in [0.25, 0.3) is 0 Å². The van der Waals surface area contributed by atoms with Crippen molar-refractivity contribution in [3.63, 3.8) is 0 Å². The van der Waals surface area contributed by atoms with Crippen LogP contribution in [0.2, 0.25) is 0 Å². The van der Waals surface area contributed by atoms with Gasteiger partial charge in [-0.25, -0.2) is 0 Å². The van der Waals surface area contributed by atoms with Crippen LogP contribution >= 0.6 is 11.3 Å². The van der Waals surface area contributed by atoms with Crippen LogP contribution in [0.15, 0.2) is 35.7 Å². The van der Waals surface area contributed by atoms with E-state index >= 15 is 0 Å². The van der Waals surface area contributed by atoms with Crippen molar-refractivity contribution in [3.8, 4) is 5.75 Å². The Morgan fingerprint density at radius 1 is 1.33 bits per heavy atom. The Balaban J connectivity index is 1.84. The molecule has 1 heterocycles. The number of amides is 1. The summed E-state index contributed by atoms with van der Waals surface area (Å²) in [7, 11) is 1.59. The van der Waals surface area contributed by atoms with Gasteiger partial charge in [-0.15, -0.1) is 0 Å². The van der Waals surface area contributed by atoms with E-state index in [-0.39, 0.29) is 17.3 Å². The van der Waals surface area contributed by atoms with E-state index in [0.717, 1.165) is 22.6 Å². The minimum absolute atomic E-state index is 0.0490. The lowest BCUT2D eigenvalue weighted by Gasteiger charge is -2.05. The number of methoxy groups -OCH3 is 1. The molecule has 2 aromatic rings. The summed E-state index contributed by atoms with van der Waals surface area (Å²) in [5.41, 5.74) is 1.61. The molecule has 0 saturated heterocycles. The number of carbonyl (C=O) groups excluding carboxylic acids is 1. The molecule has 7 heteroatoms. The number of thiophene rings is 1. The Labute approximate surface area is 125 Å². The number of hydrogen-bond acceptors (Lipinski definition) is 5. The fourth-order valence-electron chi connectivity index (χ4n) is 1.74. The Morgan fingerprint density at radius 2 is 2.05 bits per heavy atom. The average Bonchev–Trinajstić information content (AvgIpc) is 2.94. The summed E-state index contributed by atoms with van der Waals surface area (Å²) in [6.07, 6.45) is 0.139. The summed E-state index contributed by atoms with van der Waals surface area (Å²) < 4.78 is 5.05. The predicted molar refractivity (Wildman–Crippen MR) is 79.5 cm³/mol. The third-order valence-electron chi connectivity index (χ3n) is 2.83. The molecule has 0 radical (unpaired) electrons. The number of ether oxygens (including phenoxy) is 1. The molecule has 21 heavy (non-hydrogen) atoms. The van der Waals surface area contributed by atoms with Crippen LogP contribution in [0.4, 0.5) is 5.00 Å². The second kappa shape index (κ2) is 6.85. The van der Waals surface area contributed by atoms with Gasteiger partial charge in [-0.3, -0.25) is 14.9 Å². The summed E-state index contributed by atoms with van der Waals surface area (Å²) in [4.78, 5) is 21.9. The molecule has 0 saturated carbocycles. The molecule has 6 nitrogen and oxygen atoms in total. The molecular weight excluding hydrogens is 292 g/mol. The molecule has 1 amide bonds. The molecular formula is C14H14N2O4S. The van der Waals surface area contributed by atoms with E-state index in [1.165, 1.54) is 6.07 Å². The first-order chi connectivity index (χ1) is 10.1. The highest BCUT2D eigenvalue weighted by molar-refractivity contribution is 7.13. The zero-order chi connectivity index (χ0) is 15.2. The second-order valence-electron chi connectivity index (χ2n) is 4.35. The van der Waals surface area contributed by atoms with Gasteiger partial charge in [-0.2, -0.15) is 0 Å². The smallest absolute Gasteiger partial charge is 0.324 e. The van der Waals surface area contributed by atoms with E-state index < -0.39 is 4.92 Å². The number of carbonyl (C=O) groups is 1. The van der Waals surface area contributed by atoms with Gasteiger partial charge in [-0.05, 0) is 23.3 Å². The Kier molecular flexibility index (Phi) is 4.89. The van der Waals surface area contributed by atoms with Crippen molar-refractivity contribution in [2.75, 3.05) is 7.11 Å². The maximum atomic E-state index is 11.8. The molecule has 1 aromatic heterocycles. The Morgan fingerprint density at radius 3 is 2.62 bits per heavy atom. The summed E-state index contributed by atoms with van der Waals surface area (Å²) in [6.45, 7) is 0.412. The highest BCUT2D eigenvalue weighted by Gasteiger charge is 2.12. The molecule has 0 aliphatic rings. The lowest BCUT2D eigenvalue weighted by Crippen LogP contribution is -2.24. The molecule has 0 unspecified atom stereocenters. The SMILES string of the molecule is COc1ccc(CNC(=O)Cc2csc([N+](=O)[O-])c2)cc1. The summed E-state index contributed by atoms with van der Waals surface area (Å²) in [5, 5.41) is 15.0.